The molecule has 3 N–H and O–H groups in total. The van der Waals surface area contributed by atoms with E-state index in [0.717, 1.165) is 22.2 Å². The van der Waals surface area contributed by atoms with E-state index in [1.54, 1.807) is 12.1 Å². The van der Waals surface area contributed by atoms with Gasteiger partial charge in [0.25, 0.3) is 0 Å². The van der Waals surface area contributed by atoms with Crippen molar-refractivity contribution < 1.29 is 9.59 Å². The van der Waals surface area contributed by atoms with Gasteiger partial charge in [0.2, 0.25) is 11.8 Å². The normalized spacial score (nSPS) is 11.9. The summed E-state index contributed by atoms with van der Waals surface area (Å²) in [5.41, 5.74) is 2.52. The van der Waals surface area contributed by atoms with Crippen LogP contribution in [0, 0.1) is 0 Å². The topological polar surface area (TPSA) is 74.0 Å². The van der Waals surface area contributed by atoms with E-state index in [0.29, 0.717) is 5.02 Å². The van der Waals surface area contributed by atoms with Crippen LogP contribution in [0.4, 0.5) is 5.69 Å². The second-order valence-corrected chi connectivity index (χ2v) is 6.24. The van der Waals surface area contributed by atoms with Gasteiger partial charge in [-0.15, -0.1) is 0 Å². The van der Waals surface area contributed by atoms with Crippen molar-refractivity contribution >= 4 is 40.0 Å². The highest BCUT2D eigenvalue weighted by molar-refractivity contribution is 6.30. The molecule has 0 bridgehead atoms. The van der Waals surface area contributed by atoms with E-state index in [9.17, 15) is 9.59 Å². The second kappa shape index (κ2) is 7.40. The van der Waals surface area contributed by atoms with Crippen molar-refractivity contribution in [2.75, 3.05) is 5.32 Å². The Balaban J connectivity index is 1.77. The van der Waals surface area contributed by atoms with E-state index >= 15 is 0 Å². The summed E-state index contributed by atoms with van der Waals surface area (Å²) < 4.78 is 0. The number of fused-ring (bicyclic) bond motifs is 1. The monoisotopic (exact) mass is 355 g/mol. The van der Waals surface area contributed by atoms with Crippen LogP contribution >= 0.6 is 11.6 Å². The summed E-state index contributed by atoms with van der Waals surface area (Å²) in [6.45, 7) is 1.43. The van der Waals surface area contributed by atoms with Crippen LogP contribution < -0.4 is 10.6 Å². The summed E-state index contributed by atoms with van der Waals surface area (Å²) in [6.07, 6.45) is 1.95. The first-order valence-electron chi connectivity index (χ1n) is 7.91. The maximum Gasteiger partial charge on any atom is 0.226 e. The van der Waals surface area contributed by atoms with Crippen molar-refractivity contribution in [3.05, 3.63) is 65.3 Å². The Kier molecular flexibility index (Phi) is 5.05. The average Bonchev–Trinajstić information content (AvgIpc) is 3.04. The number of amides is 2. The number of halogens is 1. The highest BCUT2D eigenvalue weighted by Gasteiger charge is 2.18. The largest absolute Gasteiger partial charge is 0.361 e. The van der Waals surface area contributed by atoms with Crippen molar-refractivity contribution in [2.24, 2.45) is 0 Å². The lowest BCUT2D eigenvalue weighted by Gasteiger charge is -2.18. The van der Waals surface area contributed by atoms with Crippen molar-refractivity contribution in [1.29, 1.82) is 0 Å². The van der Waals surface area contributed by atoms with E-state index in [1.807, 2.05) is 42.6 Å². The number of benzene rings is 2. The molecule has 0 saturated carbocycles. The van der Waals surface area contributed by atoms with Crippen molar-refractivity contribution in [3.63, 3.8) is 0 Å². The molecule has 3 aromatic rings. The number of nitrogens with one attached hydrogen (secondary N) is 3. The van der Waals surface area contributed by atoms with E-state index in [-0.39, 0.29) is 18.2 Å². The predicted molar refractivity (Wildman–Crippen MR) is 99.6 cm³/mol. The lowest BCUT2D eigenvalue weighted by atomic mass is 10.0. The molecule has 0 spiro atoms. The number of carbonyl (C=O) groups is 2. The molecule has 0 aliphatic carbocycles. The van der Waals surface area contributed by atoms with Crippen LogP contribution in [-0.4, -0.2) is 16.8 Å². The first-order chi connectivity index (χ1) is 12.0. The fraction of sp³-hybridized carbons (Fsp3) is 0.158. The third-order valence-electron chi connectivity index (χ3n) is 3.91. The van der Waals surface area contributed by atoms with Crippen LogP contribution in [-0.2, 0) is 9.59 Å². The molecule has 2 aromatic carbocycles. The second-order valence-electron chi connectivity index (χ2n) is 5.80. The standard InChI is InChI=1S/C19H18ClN3O2/c1-12(24)22-18(13-5-7-14(20)8-6-13)11-19(25)23-17-4-2-3-16-15(17)9-10-21-16/h2-10,18,21H,11H2,1H3,(H,22,24)(H,23,25). The zero-order valence-corrected chi connectivity index (χ0v) is 14.4. The van der Waals surface area contributed by atoms with Gasteiger partial charge in [-0.1, -0.05) is 29.8 Å². The Labute approximate surface area is 150 Å². The Morgan fingerprint density at radius 1 is 1.12 bits per heavy atom. The molecule has 1 heterocycles. The Morgan fingerprint density at radius 2 is 1.88 bits per heavy atom. The first-order valence-corrected chi connectivity index (χ1v) is 8.29. The SMILES string of the molecule is CC(=O)NC(CC(=O)Nc1cccc2[nH]ccc12)c1ccc(Cl)cc1. The maximum absolute atomic E-state index is 12.5. The van der Waals surface area contributed by atoms with Crippen LogP contribution in [0.25, 0.3) is 10.9 Å². The van der Waals surface area contributed by atoms with Crippen molar-refractivity contribution in [3.8, 4) is 0 Å². The molecular weight excluding hydrogens is 338 g/mol. The number of hydrogen-bond donors (Lipinski definition) is 3. The summed E-state index contributed by atoms with van der Waals surface area (Å²) in [5.74, 6) is -0.372. The summed E-state index contributed by atoms with van der Waals surface area (Å²) in [4.78, 5) is 27.1. The predicted octanol–water partition coefficient (Wildman–Crippen LogP) is 4.03. The molecule has 2 amide bonds. The smallest absolute Gasteiger partial charge is 0.226 e. The molecule has 0 radical (unpaired) electrons. The number of rotatable bonds is 5. The third kappa shape index (κ3) is 4.19. The lowest BCUT2D eigenvalue weighted by Crippen LogP contribution is -2.29. The molecule has 0 aliphatic rings. The highest BCUT2D eigenvalue weighted by Crippen LogP contribution is 2.24. The fourth-order valence-electron chi connectivity index (χ4n) is 2.77. The lowest BCUT2D eigenvalue weighted by molar-refractivity contribution is -0.120. The number of aromatic amines is 1. The minimum absolute atomic E-state index is 0.127. The molecule has 1 atom stereocenters. The quantitative estimate of drug-likeness (QED) is 0.646. The van der Waals surface area contributed by atoms with Gasteiger partial charge in [-0.25, -0.2) is 0 Å². The van der Waals surface area contributed by atoms with Gasteiger partial charge in [-0.3, -0.25) is 9.59 Å². The van der Waals surface area contributed by atoms with Crippen LogP contribution in [0.3, 0.4) is 0 Å². The van der Waals surface area contributed by atoms with Gasteiger partial charge in [0, 0.05) is 29.0 Å². The average molecular weight is 356 g/mol. The van der Waals surface area contributed by atoms with Gasteiger partial charge >= 0.3 is 0 Å². The zero-order chi connectivity index (χ0) is 17.8. The highest BCUT2D eigenvalue weighted by atomic mass is 35.5. The fourth-order valence-corrected chi connectivity index (χ4v) is 2.90. The number of aromatic nitrogens is 1. The molecule has 25 heavy (non-hydrogen) atoms. The number of anilines is 1. The molecule has 0 aliphatic heterocycles. The van der Waals surface area contributed by atoms with Crippen LogP contribution in [0.2, 0.25) is 5.02 Å². The summed E-state index contributed by atoms with van der Waals surface area (Å²) >= 11 is 5.91. The summed E-state index contributed by atoms with van der Waals surface area (Å²) in [6, 6.07) is 14.3. The van der Waals surface area contributed by atoms with Gasteiger partial charge in [0.15, 0.2) is 0 Å². The molecule has 5 nitrogen and oxygen atoms in total. The van der Waals surface area contributed by atoms with Crippen LogP contribution in [0.1, 0.15) is 24.9 Å². The number of hydrogen-bond acceptors (Lipinski definition) is 2. The summed E-state index contributed by atoms with van der Waals surface area (Å²) in [5, 5.41) is 7.28. The molecule has 3 rings (SSSR count). The molecular formula is C19H18ClN3O2. The van der Waals surface area contributed by atoms with Gasteiger partial charge in [0.05, 0.1) is 18.2 Å². The van der Waals surface area contributed by atoms with E-state index in [2.05, 4.69) is 15.6 Å². The summed E-state index contributed by atoms with van der Waals surface area (Å²) in [7, 11) is 0. The first kappa shape index (κ1) is 17.0. The van der Waals surface area contributed by atoms with Gasteiger partial charge in [0.1, 0.15) is 0 Å². The van der Waals surface area contributed by atoms with Crippen molar-refractivity contribution in [2.45, 2.75) is 19.4 Å². The molecule has 1 aromatic heterocycles. The minimum Gasteiger partial charge on any atom is -0.361 e. The van der Waals surface area contributed by atoms with E-state index in [1.165, 1.54) is 6.92 Å². The van der Waals surface area contributed by atoms with Crippen molar-refractivity contribution in [1.82, 2.24) is 10.3 Å². The van der Waals surface area contributed by atoms with Gasteiger partial charge in [-0.2, -0.15) is 0 Å². The third-order valence-corrected chi connectivity index (χ3v) is 4.16. The molecule has 0 saturated heterocycles. The minimum atomic E-state index is -0.416. The number of carbonyl (C=O) groups excluding carboxylic acids is 2. The Bertz CT molecular complexity index is 902. The molecule has 1 unspecified atom stereocenters. The van der Waals surface area contributed by atoms with E-state index in [4.69, 9.17) is 11.6 Å². The Hall–Kier alpha value is -2.79. The van der Waals surface area contributed by atoms with Gasteiger partial charge in [-0.05, 0) is 35.9 Å². The van der Waals surface area contributed by atoms with Crippen LogP contribution in [0.15, 0.2) is 54.7 Å². The maximum atomic E-state index is 12.5. The van der Waals surface area contributed by atoms with Gasteiger partial charge < -0.3 is 15.6 Å². The van der Waals surface area contributed by atoms with E-state index < -0.39 is 6.04 Å². The molecule has 0 fully saturated rings. The molecule has 128 valence electrons. The molecule has 6 heteroatoms. The number of H-pyrrole nitrogens is 1. The Morgan fingerprint density at radius 3 is 2.60 bits per heavy atom. The zero-order valence-electron chi connectivity index (χ0n) is 13.7. The van der Waals surface area contributed by atoms with Crippen LogP contribution in [0.5, 0.6) is 0 Å².